The fourth-order valence-electron chi connectivity index (χ4n) is 4.01. The Labute approximate surface area is 187 Å². The number of piperazine rings is 1. The lowest BCUT2D eigenvalue weighted by molar-refractivity contribution is 0.102. The molecule has 0 radical (unpaired) electrons. The van der Waals surface area contributed by atoms with Gasteiger partial charge in [-0.2, -0.15) is 0 Å². The van der Waals surface area contributed by atoms with Crippen LogP contribution in [0.2, 0.25) is 0 Å². The van der Waals surface area contributed by atoms with Crippen LogP contribution in [0.1, 0.15) is 39.3 Å². The van der Waals surface area contributed by atoms with Crippen molar-refractivity contribution >= 4 is 22.2 Å². The summed E-state index contributed by atoms with van der Waals surface area (Å²) >= 11 is 1.63. The molecule has 162 valence electrons. The summed E-state index contributed by atoms with van der Waals surface area (Å²) in [5.41, 5.74) is 2.77. The fraction of sp³-hybridized carbons (Fsp3) is 0.320. The summed E-state index contributed by atoms with van der Waals surface area (Å²) in [5.74, 6) is -0.347. The number of rotatable bonds is 6. The molecule has 4 rings (SSSR count). The lowest BCUT2D eigenvalue weighted by Crippen LogP contribution is -2.46. The highest BCUT2D eigenvalue weighted by molar-refractivity contribution is 7.16. The summed E-state index contributed by atoms with van der Waals surface area (Å²) < 4.78 is 13.7. The maximum atomic E-state index is 13.7. The topological polar surface area (TPSA) is 35.6 Å². The number of amides is 1. The minimum absolute atomic E-state index is 0.0306. The van der Waals surface area contributed by atoms with E-state index in [9.17, 15) is 9.18 Å². The molecule has 0 unspecified atom stereocenters. The lowest BCUT2D eigenvalue weighted by atomic mass is 9.97. The van der Waals surface area contributed by atoms with E-state index in [4.69, 9.17) is 0 Å². The van der Waals surface area contributed by atoms with E-state index in [0.717, 1.165) is 48.7 Å². The molecule has 2 heterocycles. The molecular formula is C25H28FN3OS. The predicted molar refractivity (Wildman–Crippen MR) is 125 cm³/mol. The van der Waals surface area contributed by atoms with Gasteiger partial charge in [0.15, 0.2) is 0 Å². The molecule has 1 saturated heterocycles. The molecule has 2 aromatic carbocycles. The van der Waals surface area contributed by atoms with Crippen molar-refractivity contribution in [2.45, 2.75) is 19.4 Å². The Kier molecular flexibility index (Phi) is 6.80. The molecule has 1 fully saturated rings. The van der Waals surface area contributed by atoms with Crippen molar-refractivity contribution in [3.8, 4) is 0 Å². The predicted octanol–water partition coefficient (Wildman–Crippen LogP) is 5.04. The highest BCUT2D eigenvalue weighted by atomic mass is 32.1. The number of aryl methyl sites for hydroxylation is 1. The Balaban J connectivity index is 1.72. The zero-order valence-corrected chi connectivity index (χ0v) is 18.8. The molecule has 0 saturated carbocycles. The van der Waals surface area contributed by atoms with Crippen molar-refractivity contribution < 1.29 is 9.18 Å². The number of likely N-dealkylation sites (N-methyl/N-ethyl adjacent to an activating group) is 1. The van der Waals surface area contributed by atoms with Gasteiger partial charge in [0.05, 0.1) is 6.04 Å². The van der Waals surface area contributed by atoms with Crippen molar-refractivity contribution in [2.24, 2.45) is 0 Å². The summed E-state index contributed by atoms with van der Waals surface area (Å²) in [6.45, 7) is 5.92. The number of nitrogens with one attached hydrogen (secondary N) is 1. The first-order chi connectivity index (χ1) is 15.0. The molecule has 6 heteroatoms. The number of anilines is 1. The van der Waals surface area contributed by atoms with Crippen LogP contribution in [0.15, 0.2) is 60.7 Å². The third kappa shape index (κ3) is 5.03. The Morgan fingerprint density at radius 1 is 1.06 bits per heavy atom. The maximum absolute atomic E-state index is 13.7. The highest BCUT2D eigenvalue weighted by Gasteiger charge is 2.29. The normalized spacial score (nSPS) is 16.2. The van der Waals surface area contributed by atoms with Gasteiger partial charge >= 0.3 is 0 Å². The number of halogens is 1. The van der Waals surface area contributed by atoms with E-state index in [2.05, 4.69) is 35.2 Å². The van der Waals surface area contributed by atoms with Gasteiger partial charge in [-0.05, 0) is 49.4 Å². The van der Waals surface area contributed by atoms with Crippen LogP contribution in [-0.2, 0) is 6.42 Å². The average molecular weight is 438 g/mol. The second kappa shape index (κ2) is 9.73. The van der Waals surface area contributed by atoms with Gasteiger partial charge in [0.1, 0.15) is 10.8 Å². The second-order valence-corrected chi connectivity index (χ2v) is 9.10. The number of benzene rings is 2. The maximum Gasteiger partial charge on any atom is 0.256 e. The van der Waals surface area contributed by atoms with Gasteiger partial charge < -0.3 is 10.2 Å². The lowest BCUT2D eigenvalue weighted by Gasteiger charge is -2.38. The summed E-state index contributed by atoms with van der Waals surface area (Å²) in [4.78, 5) is 18.9. The molecule has 1 atom stereocenters. The third-order valence-electron chi connectivity index (χ3n) is 5.81. The zero-order chi connectivity index (χ0) is 21.8. The molecule has 31 heavy (non-hydrogen) atoms. The van der Waals surface area contributed by atoms with Gasteiger partial charge in [-0.15, -0.1) is 11.3 Å². The number of thiophene rings is 1. The number of hydrogen-bond donors (Lipinski definition) is 1. The van der Waals surface area contributed by atoms with Crippen LogP contribution < -0.4 is 5.32 Å². The average Bonchev–Trinajstić information content (AvgIpc) is 3.19. The van der Waals surface area contributed by atoms with E-state index in [1.807, 2.05) is 42.5 Å². The first-order valence-electron chi connectivity index (χ1n) is 10.7. The smallest absolute Gasteiger partial charge is 0.256 e. The number of carbonyl (C=O) groups excluding carboxylic acids is 1. The van der Waals surface area contributed by atoms with Crippen LogP contribution in [0.3, 0.4) is 0 Å². The molecule has 1 aromatic heterocycles. The van der Waals surface area contributed by atoms with E-state index in [-0.39, 0.29) is 17.8 Å². The monoisotopic (exact) mass is 437 g/mol. The Bertz CT molecular complexity index is 1010. The summed E-state index contributed by atoms with van der Waals surface area (Å²) in [6, 6.07) is 18.2. The molecule has 0 aliphatic carbocycles. The van der Waals surface area contributed by atoms with Crippen molar-refractivity contribution in [3.05, 3.63) is 88.0 Å². The number of nitrogens with zero attached hydrogens (tertiary/aromatic N) is 2. The van der Waals surface area contributed by atoms with Crippen molar-refractivity contribution in [3.63, 3.8) is 0 Å². The Morgan fingerprint density at radius 2 is 1.74 bits per heavy atom. The Morgan fingerprint density at radius 3 is 2.39 bits per heavy atom. The first kappa shape index (κ1) is 21.7. The summed E-state index contributed by atoms with van der Waals surface area (Å²) in [5, 5.41) is 4.03. The molecular weight excluding hydrogens is 409 g/mol. The van der Waals surface area contributed by atoms with E-state index >= 15 is 0 Å². The van der Waals surface area contributed by atoms with Crippen LogP contribution >= 0.6 is 11.3 Å². The minimum Gasteiger partial charge on any atom is -0.313 e. The van der Waals surface area contributed by atoms with Crippen LogP contribution in [0.25, 0.3) is 0 Å². The molecule has 0 bridgehead atoms. The van der Waals surface area contributed by atoms with Crippen molar-refractivity contribution in [1.82, 2.24) is 9.80 Å². The number of hydrogen-bond acceptors (Lipinski definition) is 4. The van der Waals surface area contributed by atoms with Crippen LogP contribution in [0.5, 0.6) is 0 Å². The van der Waals surface area contributed by atoms with Gasteiger partial charge in [-0.3, -0.25) is 9.69 Å². The largest absolute Gasteiger partial charge is 0.313 e. The van der Waals surface area contributed by atoms with Gasteiger partial charge in [0, 0.05) is 42.2 Å². The summed E-state index contributed by atoms with van der Waals surface area (Å²) in [6.07, 6.45) is 0.901. The van der Waals surface area contributed by atoms with Gasteiger partial charge in [0.25, 0.3) is 5.91 Å². The van der Waals surface area contributed by atoms with E-state index in [1.54, 1.807) is 11.3 Å². The molecule has 1 aliphatic heterocycles. The van der Waals surface area contributed by atoms with E-state index < -0.39 is 0 Å². The zero-order valence-electron chi connectivity index (χ0n) is 18.0. The number of carbonyl (C=O) groups is 1. The quantitative estimate of drug-likeness (QED) is 0.587. The van der Waals surface area contributed by atoms with Crippen molar-refractivity contribution in [1.29, 1.82) is 0 Å². The fourth-order valence-corrected chi connectivity index (χ4v) is 5.04. The second-order valence-electron chi connectivity index (χ2n) is 7.96. The Hall–Kier alpha value is -2.54. The molecule has 1 amide bonds. The molecule has 0 spiro atoms. The SMILES string of the molecule is CCc1cc([C@@H](c2ccc(F)cc2)N2CCN(C)CC2)c(NC(=O)c2ccccc2)s1. The molecule has 4 nitrogen and oxygen atoms in total. The first-order valence-corrected chi connectivity index (χ1v) is 11.5. The van der Waals surface area contributed by atoms with E-state index in [1.165, 1.54) is 17.0 Å². The third-order valence-corrected chi connectivity index (χ3v) is 7.02. The highest BCUT2D eigenvalue weighted by Crippen LogP contribution is 2.40. The van der Waals surface area contributed by atoms with Crippen molar-refractivity contribution in [2.75, 3.05) is 38.5 Å². The molecule has 3 aromatic rings. The van der Waals surface area contributed by atoms with Crippen LogP contribution in [-0.4, -0.2) is 48.9 Å². The summed E-state index contributed by atoms with van der Waals surface area (Å²) in [7, 11) is 2.13. The molecule has 1 aliphatic rings. The van der Waals surface area contributed by atoms with Gasteiger partial charge in [-0.1, -0.05) is 37.3 Å². The molecule has 1 N–H and O–H groups in total. The van der Waals surface area contributed by atoms with Gasteiger partial charge in [0.2, 0.25) is 0 Å². The van der Waals surface area contributed by atoms with Gasteiger partial charge in [-0.25, -0.2) is 4.39 Å². The minimum atomic E-state index is -0.238. The van der Waals surface area contributed by atoms with E-state index in [0.29, 0.717) is 5.56 Å². The van der Waals surface area contributed by atoms with Crippen LogP contribution in [0, 0.1) is 5.82 Å². The standard InChI is InChI=1S/C25H28FN3OS/c1-3-21-17-22(25(31-21)27-24(30)19-7-5-4-6-8-19)23(18-9-11-20(26)12-10-18)29-15-13-28(2)14-16-29/h4-12,17,23H,3,13-16H2,1-2H3,(H,27,30)/t23-/m1/s1. The van der Waals surface area contributed by atoms with Crippen LogP contribution in [0.4, 0.5) is 9.39 Å².